The Balaban J connectivity index is 2.37. The number of carboxylic acids is 1. The summed E-state index contributed by atoms with van der Waals surface area (Å²) in [5.74, 6) is -1.22. The molecular formula is C13H8O5S. The average molecular weight is 276 g/mol. The molecule has 1 heterocycles. The van der Waals surface area contributed by atoms with Gasteiger partial charge in [0.1, 0.15) is 21.1 Å². The van der Waals surface area contributed by atoms with Gasteiger partial charge in [-0.05, 0) is 24.3 Å². The molecule has 3 rings (SSSR count). The summed E-state index contributed by atoms with van der Waals surface area (Å²) in [6, 6.07) is 10.2. The normalized spacial score (nSPS) is 14.9. The fourth-order valence-corrected chi connectivity index (χ4v) is 3.51. The third kappa shape index (κ3) is 1.61. The summed E-state index contributed by atoms with van der Waals surface area (Å²) in [5.41, 5.74) is -0.171. The number of fused-ring (bicyclic) bond motifs is 2. The largest absolute Gasteiger partial charge is 0.478 e. The SMILES string of the molecule is O=C(O)c1cccc2c1Oc1ccccc1S2(=O)=O. The lowest BCUT2D eigenvalue weighted by Crippen LogP contribution is -2.13. The molecule has 0 saturated carbocycles. The second-order valence-corrected chi connectivity index (χ2v) is 5.88. The monoisotopic (exact) mass is 276 g/mol. The number of hydrogen-bond acceptors (Lipinski definition) is 4. The molecule has 0 bridgehead atoms. The van der Waals surface area contributed by atoms with Crippen molar-refractivity contribution in [3.63, 3.8) is 0 Å². The van der Waals surface area contributed by atoms with Crippen LogP contribution in [-0.4, -0.2) is 19.5 Å². The molecule has 0 saturated heterocycles. The summed E-state index contributed by atoms with van der Waals surface area (Å²) >= 11 is 0. The van der Waals surface area contributed by atoms with Crippen molar-refractivity contribution in [3.05, 3.63) is 48.0 Å². The van der Waals surface area contributed by atoms with Gasteiger partial charge in [-0.15, -0.1) is 0 Å². The molecule has 0 atom stereocenters. The highest BCUT2D eigenvalue weighted by atomic mass is 32.2. The number of rotatable bonds is 1. The summed E-state index contributed by atoms with van der Waals surface area (Å²) < 4.78 is 30.2. The highest BCUT2D eigenvalue weighted by molar-refractivity contribution is 7.91. The van der Waals surface area contributed by atoms with Crippen molar-refractivity contribution in [3.8, 4) is 11.5 Å². The van der Waals surface area contributed by atoms with Crippen molar-refractivity contribution < 1.29 is 23.1 Å². The average Bonchev–Trinajstić information content (AvgIpc) is 2.38. The Morgan fingerprint density at radius 1 is 1.00 bits per heavy atom. The number of aromatic carboxylic acids is 1. The van der Waals surface area contributed by atoms with Gasteiger partial charge < -0.3 is 9.84 Å². The number of benzene rings is 2. The molecule has 2 aromatic carbocycles. The van der Waals surface area contributed by atoms with E-state index in [-0.39, 0.29) is 26.9 Å². The molecule has 1 aliphatic heterocycles. The van der Waals surface area contributed by atoms with Crippen LogP contribution < -0.4 is 4.74 Å². The molecule has 96 valence electrons. The van der Waals surface area contributed by atoms with Crippen molar-refractivity contribution in [1.82, 2.24) is 0 Å². The predicted octanol–water partition coefficient (Wildman–Crippen LogP) is 2.32. The molecule has 0 unspecified atom stereocenters. The number of ether oxygens (including phenoxy) is 1. The molecule has 0 fully saturated rings. The van der Waals surface area contributed by atoms with Crippen LogP contribution in [0.4, 0.5) is 0 Å². The Morgan fingerprint density at radius 2 is 1.68 bits per heavy atom. The first-order chi connectivity index (χ1) is 9.01. The summed E-state index contributed by atoms with van der Waals surface area (Å²) in [5, 5.41) is 9.08. The van der Waals surface area contributed by atoms with Gasteiger partial charge in [-0.25, -0.2) is 13.2 Å². The van der Waals surface area contributed by atoms with E-state index < -0.39 is 15.8 Å². The van der Waals surface area contributed by atoms with E-state index in [4.69, 9.17) is 9.84 Å². The lowest BCUT2D eigenvalue weighted by atomic mass is 10.2. The quantitative estimate of drug-likeness (QED) is 0.737. The number of hydrogen-bond donors (Lipinski definition) is 1. The summed E-state index contributed by atoms with van der Waals surface area (Å²) in [4.78, 5) is 11.0. The minimum Gasteiger partial charge on any atom is -0.478 e. The fourth-order valence-electron chi connectivity index (χ4n) is 1.99. The first kappa shape index (κ1) is 11.7. The minimum atomic E-state index is -3.75. The third-order valence-corrected chi connectivity index (χ3v) is 4.67. The molecule has 0 aromatic heterocycles. The maximum Gasteiger partial charge on any atom is 0.339 e. The Kier molecular flexibility index (Phi) is 2.36. The smallest absolute Gasteiger partial charge is 0.339 e. The van der Waals surface area contributed by atoms with Crippen molar-refractivity contribution in [2.75, 3.05) is 0 Å². The topological polar surface area (TPSA) is 80.7 Å². The first-order valence-corrected chi connectivity index (χ1v) is 6.88. The van der Waals surface area contributed by atoms with Gasteiger partial charge in [-0.1, -0.05) is 18.2 Å². The highest BCUT2D eigenvalue weighted by Gasteiger charge is 2.33. The molecule has 0 radical (unpaired) electrons. The van der Waals surface area contributed by atoms with E-state index in [1.165, 1.54) is 30.3 Å². The van der Waals surface area contributed by atoms with Crippen LogP contribution in [0, 0.1) is 0 Å². The number of sulfone groups is 1. The summed E-state index contributed by atoms with van der Waals surface area (Å²) in [6.07, 6.45) is 0. The maximum absolute atomic E-state index is 12.4. The lowest BCUT2D eigenvalue weighted by Gasteiger charge is -2.21. The van der Waals surface area contributed by atoms with Gasteiger partial charge in [-0.3, -0.25) is 0 Å². The first-order valence-electron chi connectivity index (χ1n) is 5.40. The van der Waals surface area contributed by atoms with Crippen LogP contribution in [-0.2, 0) is 9.84 Å². The molecular weight excluding hydrogens is 268 g/mol. The second-order valence-electron chi connectivity index (χ2n) is 3.99. The number of carbonyl (C=O) groups is 1. The van der Waals surface area contributed by atoms with Crippen LogP contribution in [0.5, 0.6) is 11.5 Å². The van der Waals surface area contributed by atoms with E-state index in [0.717, 1.165) is 0 Å². The standard InChI is InChI=1S/C13H8O5S/c14-13(15)8-4-3-7-11-12(8)18-9-5-1-2-6-10(9)19(11,16)17/h1-7H,(H,14,15). The lowest BCUT2D eigenvalue weighted by molar-refractivity contribution is 0.0693. The molecule has 0 amide bonds. The van der Waals surface area contributed by atoms with E-state index in [9.17, 15) is 13.2 Å². The summed E-state index contributed by atoms with van der Waals surface area (Å²) in [6.45, 7) is 0. The van der Waals surface area contributed by atoms with Gasteiger partial charge in [0.05, 0.1) is 0 Å². The van der Waals surface area contributed by atoms with E-state index in [0.29, 0.717) is 0 Å². The molecule has 5 nitrogen and oxygen atoms in total. The molecule has 6 heteroatoms. The van der Waals surface area contributed by atoms with Crippen LogP contribution >= 0.6 is 0 Å². The Morgan fingerprint density at radius 3 is 2.42 bits per heavy atom. The molecule has 19 heavy (non-hydrogen) atoms. The number of para-hydroxylation sites is 2. The van der Waals surface area contributed by atoms with Crippen molar-refractivity contribution in [2.24, 2.45) is 0 Å². The van der Waals surface area contributed by atoms with Crippen LogP contribution in [0.1, 0.15) is 10.4 Å². The Labute approximate surface area is 109 Å². The van der Waals surface area contributed by atoms with Gasteiger partial charge in [0.2, 0.25) is 9.84 Å². The van der Waals surface area contributed by atoms with Gasteiger partial charge in [-0.2, -0.15) is 0 Å². The zero-order valence-corrected chi connectivity index (χ0v) is 10.3. The molecule has 0 spiro atoms. The van der Waals surface area contributed by atoms with Gasteiger partial charge in [0, 0.05) is 0 Å². The van der Waals surface area contributed by atoms with Crippen LogP contribution in [0.25, 0.3) is 0 Å². The predicted molar refractivity (Wildman–Crippen MR) is 65.4 cm³/mol. The van der Waals surface area contributed by atoms with Crippen molar-refractivity contribution >= 4 is 15.8 Å². The van der Waals surface area contributed by atoms with E-state index in [1.807, 2.05) is 0 Å². The van der Waals surface area contributed by atoms with Gasteiger partial charge in [0.15, 0.2) is 5.75 Å². The highest BCUT2D eigenvalue weighted by Crippen LogP contribution is 2.43. The Bertz CT molecular complexity index is 792. The maximum atomic E-state index is 12.4. The van der Waals surface area contributed by atoms with Crippen molar-refractivity contribution in [2.45, 2.75) is 9.79 Å². The zero-order valence-electron chi connectivity index (χ0n) is 9.53. The van der Waals surface area contributed by atoms with Gasteiger partial charge >= 0.3 is 5.97 Å². The van der Waals surface area contributed by atoms with E-state index in [1.54, 1.807) is 12.1 Å². The fraction of sp³-hybridized carbons (Fsp3) is 0. The molecule has 2 aromatic rings. The van der Waals surface area contributed by atoms with Gasteiger partial charge in [0.25, 0.3) is 0 Å². The Hall–Kier alpha value is -2.34. The van der Waals surface area contributed by atoms with E-state index in [2.05, 4.69) is 0 Å². The molecule has 1 aliphatic rings. The molecule has 1 N–H and O–H groups in total. The second kappa shape index (κ2) is 3.83. The summed E-state index contributed by atoms with van der Waals surface area (Å²) in [7, 11) is -3.75. The molecule has 0 aliphatic carbocycles. The minimum absolute atomic E-state index is 0.0463. The van der Waals surface area contributed by atoms with Crippen molar-refractivity contribution in [1.29, 1.82) is 0 Å². The third-order valence-electron chi connectivity index (χ3n) is 2.85. The van der Waals surface area contributed by atoms with Crippen LogP contribution in [0.15, 0.2) is 52.3 Å². The zero-order chi connectivity index (χ0) is 13.6. The van der Waals surface area contributed by atoms with Crippen LogP contribution in [0.3, 0.4) is 0 Å². The van der Waals surface area contributed by atoms with Crippen LogP contribution in [0.2, 0.25) is 0 Å². The number of carboxylic acid groups (broad SMARTS) is 1. The van der Waals surface area contributed by atoms with E-state index >= 15 is 0 Å².